The van der Waals surface area contributed by atoms with Crippen molar-refractivity contribution in [1.29, 1.82) is 0 Å². The van der Waals surface area contributed by atoms with Gasteiger partial charge in [-0.25, -0.2) is 9.18 Å². The number of halogens is 1. The van der Waals surface area contributed by atoms with Crippen molar-refractivity contribution in [3.63, 3.8) is 0 Å². The number of benzene rings is 1. The van der Waals surface area contributed by atoms with Gasteiger partial charge >= 0.3 is 5.97 Å². The van der Waals surface area contributed by atoms with Gasteiger partial charge in [-0.05, 0) is 19.4 Å². The van der Waals surface area contributed by atoms with Gasteiger partial charge in [-0.2, -0.15) is 0 Å². The molecule has 0 amide bonds. The summed E-state index contributed by atoms with van der Waals surface area (Å²) in [6.45, 7) is 3.53. The van der Waals surface area contributed by atoms with Crippen molar-refractivity contribution in [2.45, 2.75) is 26.4 Å². The van der Waals surface area contributed by atoms with Crippen LogP contribution in [0.5, 0.6) is 5.75 Å². The molecular weight excluding hydrogens is 257 g/mol. The molecule has 0 saturated carbocycles. The first-order valence-corrected chi connectivity index (χ1v) is 5.76. The van der Waals surface area contributed by atoms with Crippen LogP contribution in [-0.4, -0.2) is 23.6 Å². The number of non-ortho nitro benzene ring substituents is 1. The van der Waals surface area contributed by atoms with Gasteiger partial charge in [0.15, 0.2) is 17.7 Å². The molecule has 1 unspecified atom stereocenters. The Labute approximate surface area is 109 Å². The Morgan fingerprint density at radius 2 is 2.16 bits per heavy atom. The van der Waals surface area contributed by atoms with E-state index in [2.05, 4.69) is 0 Å². The molecule has 0 aliphatic heterocycles. The zero-order valence-electron chi connectivity index (χ0n) is 10.6. The lowest BCUT2D eigenvalue weighted by molar-refractivity contribution is -0.385. The molecule has 1 aromatic rings. The fourth-order valence-electron chi connectivity index (χ4n) is 1.39. The van der Waals surface area contributed by atoms with E-state index in [-0.39, 0.29) is 18.0 Å². The van der Waals surface area contributed by atoms with Gasteiger partial charge in [0.05, 0.1) is 17.6 Å². The number of rotatable bonds is 6. The van der Waals surface area contributed by atoms with E-state index >= 15 is 0 Å². The quantitative estimate of drug-likeness (QED) is 0.451. The van der Waals surface area contributed by atoms with E-state index in [1.807, 2.05) is 0 Å². The highest BCUT2D eigenvalue weighted by molar-refractivity contribution is 5.75. The number of nitrogens with zero attached hydrogens (tertiary/aromatic N) is 1. The van der Waals surface area contributed by atoms with Crippen LogP contribution in [0, 0.1) is 15.9 Å². The van der Waals surface area contributed by atoms with E-state index < -0.39 is 22.8 Å². The lowest BCUT2D eigenvalue weighted by Crippen LogP contribution is -2.29. The summed E-state index contributed by atoms with van der Waals surface area (Å²) >= 11 is 0. The van der Waals surface area contributed by atoms with Gasteiger partial charge in [-0.3, -0.25) is 10.1 Å². The predicted molar refractivity (Wildman–Crippen MR) is 64.4 cm³/mol. The number of carbonyl (C=O) groups is 1. The molecule has 0 radical (unpaired) electrons. The average Bonchev–Trinajstić information content (AvgIpc) is 2.37. The first kappa shape index (κ1) is 14.9. The third-order valence-corrected chi connectivity index (χ3v) is 2.32. The minimum absolute atomic E-state index is 0.196. The monoisotopic (exact) mass is 271 g/mol. The van der Waals surface area contributed by atoms with E-state index in [9.17, 15) is 19.3 Å². The summed E-state index contributed by atoms with van der Waals surface area (Å²) in [7, 11) is 0. The summed E-state index contributed by atoms with van der Waals surface area (Å²) in [6, 6.07) is 2.97. The number of nitro benzene ring substituents is 1. The van der Waals surface area contributed by atoms with Crippen LogP contribution in [0.1, 0.15) is 20.3 Å². The summed E-state index contributed by atoms with van der Waals surface area (Å²) < 4.78 is 23.5. The van der Waals surface area contributed by atoms with Crippen LogP contribution in [0.25, 0.3) is 0 Å². The summed E-state index contributed by atoms with van der Waals surface area (Å²) in [4.78, 5) is 21.2. The van der Waals surface area contributed by atoms with Gasteiger partial charge in [0.25, 0.3) is 5.69 Å². The highest BCUT2D eigenvalue weighted by atomic mass is 19.1. The van der Waals surface area contributed by atoms with Gasteiger partial charge in [-0.15, -0.1) is 0 Å². The molecule has 0 aliphatic rings. The van der Waals surface area contributed by atoms with Crippen LogP contribution in [0.2, 0.25) is 0 Å². The Hall–Kier alpha value is -2.18. The molecule has 0 aliphatic carbocycles. The Balaban J connectivity index is 2.86. The SMILES string of the molecule is CCOC(=O)C(CC)Oc1ccc([N+](=O)[O-])cc1F. The standard InChI is InChI=1S/C12H14FNO5/c1-3-10(12(15)18-4-2)19-11-6-5-8(14(16)17)7-9(11)13/h5-7,10H,3-4H2,1-2H3. The molecule has 0 saturated heterocycles. The third kappa shape index (κ3) is 3.90. The molecule has 0 spiro atoms. The van der Waals surface area contributed by atoms with E-state index in [0.29, 0.717) is 6.42 Å². The summed E-state index contributed by atoms with van der Waals surface area (Å²) in [5, 5.41) is 10.5. The maximum atomic E-state index is 13.6. The molecule has 0 fully saturated rings. The largest absolute Gasteiger partial charge is 0.476 e. The number of hydrogen-bond acceptors (Lipinski definition) is 5. The second-order valence-corrected chi connectivity index (χ2v) is 3.64. The van der Waals surface area contributed by atoms with Crippen molar-refractivity contribution in [3.05, 3.63) is 34.1 Å². The van der Waals surface area contributed by atoms with Crippen molar-refractivity contribution < 1.29 is 23.6 Å². The van der Waals surface area contributed by atoms with E-state index in [0.717, 1.165) is 18.2 Å². The lowest BCUT2D eigenvalue weighted by atomic mass is 10.2. The minimum Gasteiger partial charge on any atom is -0.476 e. The molecule has 0 heterocycles. The van der Waals surface area contributed by atoms with E-state index in [1.165, 1.54) is 0 Å². The molecule has 0 N–H and O–H groups in total. The van der Waals surface area contributed by atoms with Crippen molar-refractivity contribution in [3.8, 4) is 5.75 Å². The molecule has 19 heavy (non-hydrogen) atoms. The highest BCUT2D eigenvalue weighted by Gasteiger charge is 2.22. The number of esters is 1. The molecule has 7 heteroatoms. The molecule has 1 aromatic carbocycles. The lowest BCUT2D eigenvalue weighted by Gasteiger charge is -2.16. The Morgan fingerprint density at radius 3 is 2.63 bits per heavy atom. The molecule has 0 aromatic heterocycles. The molecule has 1 rings (SSSR count). The van der Waals surface area contributed by atoms with Crippen LogP contribution >= 0.6 is 0 Å². The number of ether oxygens (including phenoxy) is 2. The van der Waals surface area contributed by atoms with E-state index in [1.54, 1.807) is 13.8 Å². The van der Waals surface area contributed by atoms with Gasteiger partial charge < -0.3 is 9.47 Å². The van der Waals surface area contributed by atoms with Crippen LogP contribution in [0.3, 0.4) is 0 Å². The maximum absolute atomic E-state index is 13.6. The fraction of sp³-hybridized carbons (Fsp3) is 0.417. The molecule has 104 valence electrons. The minimum atomic E-state index is -0.934. The number of carbonyl (C=O) groups excluding carboxylic acids is 1. The topological polar surface area (TPSA) is 78.7 Å². The first-order chi connectivity index (χ1) is 8.99. The summed E-state index contributed by atoms with van der Waals surface area (Å²) in [5.41, 5.74) is -0.381. The van der Waals surface area contributed by atoms with E-state index in [4.69, 9.17) is 9.47 Å². The zero-order valence-corrected chi connectivity index (χ0v) is 10.6. The predicted octanol–water partition coefficient (Wildman–Crippen LogP) is 2.45. The van der Waals surface area contributed by atoms with Crippen LogP contribution in [0.4, 0.5) is 10.1 Å². The van der Waals surface area contributed by atoms with Crippen LogP contribution in [-0.2, 0) is 9.53 Å². The second-order valence-electron chi connectivity index (χ2n) is 3.64. The Morgan fingerprint density at radius 1 is 1.47 bits per heavy atom. The molecular formula is C12H14FNO5. The third-order valence-electron chi connectivity index (χ3n) is 2.32. The zero-order chi connectivity index (χ0) is 14.4. The highest BCUT2D eigenvalue weighted by Crippen LogP contribution is 2.24. The van der Waals surface area contributed by atoms with Crippen molar-refractivity contribution in [1.82, 2.24) is 0 Å². The number of hydrogen-bond donors (Lipinski definition) is 0. The Bertz CT molecular complexity index is 477. The Kier molecular flexibility index (Phi) is 5.23. The fourth-order valence-corrected chi connectivity index (χ4v) is 1.39. The summed E-state index contributed by atoms with van der Waals surface area (Å²) in [5.74, 6) is -1.70. The molecule has 6 nitrogen and oxygen atoms in total. The molecule has 0 bridgehead atoms. The first-order valence-electron chi connectivity index (χ1n) is 5.76. The summed E-state index contributed by atoms with van der Waals surface area (Å²) in [6.07, 6.45) is -0.633. The normalized spacial score (nSPS) is 11.7. The van der Waals surface area contributed by atoms with Gasteiger partial charge in [0, 0.05) is 6.07 Å². The maximum Gasteiger partial charge on any atom is 0.347 e. The van der Waals surface area contributed by atoms with Crippen molar-refractivity contribution in [2.24, 2.45) is 0 Å². The smallest absolute Gasteiger partial charge is 0.347 e. The van der Waals surface area contributed by atoms with Crippen LogP contribution < -0.4 is 4.74 Å². The van der Waals surface area contributed by atoms with Gasteiger partial charge in [-0.1, -0.05) is 6.92 Å². The van der Waals surface area contributed by atoms with Crippen molar-refractivity contribution in [2.75, 3.05) is 6.61 Å². The van der Waals surface area contributed by atoms with Crippen molar-refractivity contribution >= 4 is 11.7 Å². The molecule has 1 atom stereocenters. The average molecular weight is 271 g/mol. The number of nitro groups is 1. The van der Waals surface area contributed by atoms with Gasteiger partial charge in [0.2, 0.25) is 0 Å². The van der Waals surface area contributed by atoms with Crippen LogP contribution in [0.15, 0.2) is 18.2 Å². The van der Waals surface area contributed by atoms with Gasteiger partial charge in [0.1, 0.15) is 0 Å². The second kappa shape index (κ2) is 6.67.